The van der Waals surface area contributed by atoms with Crippen LogP contribution in [0.15, 0.2) is 22.8 Å². The highest BCUT2D eigenvalue weighted by Gasteiger charge is 2.30. The van der Waals surface area contributed by atoms with E-state index in [2.05, 4.69) is 10.6 Å². The van der Waals surface area contributed by atoms with Gasteiger partial charge in [0.2, 0.25) is 0 Å². The largest absolute Gasteiger partial charge is 0.459 e. The predicted molar refractivity (Wildman–Crippen MR) is 100.0 cm³/mol. The van der Waals surface area contributed by atoms with Gasteiger partial charge in [-0.05, 0) is 37.8 Å². The van der Waals surface area contributed by atoms with Gasteiger partial charge in [0.25, 0.3) is 11.8 Å². The number of furan rings is 1. The molecule has 0 bridgehead atoms. The van der Waals surface area contributed by atoms with Crippen molar-refractivity contribution in [1.29, 1.82) is 0 Å². The van der Waals surface area contributed by atoms with Crippen LogP contribution in [0.3, 0.4) is 0 Å². The fraction of sp³-hybridized carbons (Fsp3) is 0.650. The van der Waals surface area contributed by atoms with Gasteiger partial charge in [-0.2, -0.15) is 0 Å². The first-order chi connectivity index (χ1) is 12.9. The van der Waals surface area contributed by atoms with Gasteiger partial charge in [-0.25, -0.2) is 4.79 Å². The Hall–Kier alpha value is -2.31. The van der Waals surface area contributed by atoms with Crippen molar-refractivity contribution in [3.8, 4) is 0 Å². The van der Waals surface area contributed by atoms with Crippen molar-refractivity contribution in [3.05, 3.63) is 24.2 Å². The summed E-state index contributed by atoms with van der Waals surface area (Å²) in [5.74, 6) is -1.50. The monoisotopic (exact) mass is 378 g/mol. The van der Waals surface area contributed by atoms with Gasteiger partial charge in [-0.15, -0.1) is 0 Å². The lowest BCUT2D eigenvalue weighted by Crippen LogP contribution is -2.48. The van der Waals surface area contributed by atoms with Crippen LogP contribution in [-0.2, 0) is 14.3 Å². The maximum Gasteiger partial charge on any atom is 0.329 e. The van der Waals surface area contributed by atoms with Crippen LogP contribution in [0.2, 0.25) is 0 Å². The summed E-state index contributed by atoms with van der Waals surface area (Å²) in [4.78, 5) is 37.0. The molecule has 2 rings (SSSR count). The van der Waals surface area contributed by atoms with Crippen molar-refractivity contribution in [2.45, 2.75) is 77.5 Å². The molecular weight excluding hydrogens is 348 g/mol. The van der Waals surface area contributed by atoms with E-state index in [0.29, 0.717) is 0 Å². The SMILES string of the molecule is CC(C)[C@H](NC(=O)c1ccco1)C(=O)O[C@@H](C)C(=O)NC1CCCCCC1. The average molecular weight is 378 g/mol. The highest BCUT2D eigenvalue weighted by atomic mass is 16.5. The van der Waals surface area contributed by atoms with Crippen molar-refractivity contribution < 1.29 is 23.5 Å². The Morgan fingerprint density at radius 1 is 1.11 bits per heavy atom. The molecule has 1 fully saturated rings. The number of hydrogen-bond donors (Lipinski definition) is 2. The minimum Gasteiger partial charge on any atom is -0.459 e. The summed E-state index contributed by atoms with van der Waals surface area (Å²) in [5.41, 5.74) is 0. The third kappa shape index (κ3) is 6.41. The second-order valence-corrected chi connectivity index (χ2v) is 7.45. The molecular formula is C20H30N2O5. The smallest absolute Gasteiger partial charge is 0.329 e. The fourth-order valence-corrected chi connectivity index (χ4v) is 3.16. The Labute approximate surface area is 160 Å². The summed E-state index contributed by atoms with van der Waals surface area (Å²) >= 11 is 0. The topological polar surface area (TPSA) is 97.6 Å². The van der Waals surface area contributed by atoms with Crippen LogP contribution >= 0.6 is 0 Å². The van der Waals surface area contributed by atoms with Gasteiger partial charge < -0.3 is 19.8 Å². The first-order valence-corrected chi connectivity index (χ1v) is 9.73. The maximum atomic E-state index is 12.5. The van der Waals surface area contributed by atoms with Gasteiger partial charge in [0.15, 0.2) is 11.9 Å². The number of hydrogen-bond acceptors (Lipinski definition) is 5. The highest BCUT2D eigenvalue weighted by Crippen LogP contribution is 2.17. The first kappa shape index (κ1) is 21.0. The third-order valence-electron chi connectivity index (χ3n) is 4.82. The van der Waals surface area contributed by atoms with E-state index in [1.54, 1.807) is 26.8 Å². The standard InChI is InChI=1S/C20H30N2O5/c1-13(2)17(22-19(24)16-11-8-12-26-16)20(25)27-14(3)18(23)21-15-9-6-4-5-7-10-15/h8,11-15,17H,4-7,9-10H2,1-3H3,(H,21,23)(H,22,24)/t14-,17-/m0/s1. The Morgan fingerprint density at radius 3 is 2.33 bits per heavy atom. The Bertz CT molecular complexity index is 618. The lowest BCUT2D eigenvalue weighted by atomic mass is 10.0. The maximum absolute atomic E-state index is 12.5. The van der Waals surface area contributed by atoms with Crippen LogP contribution in [-0.4, -0.2) is 36.0 Å². The molecule has 27 heavy (non-hydrogen) atoms. The first-order valence-electron chi connectivity index (χ1n) is 9.73. The molecule has 0 aliphatic heterocycles. The van der Waals surface area contributed by atoms with Gasteiger partial charge in [0.05, 0.1) is 6.26 Å². The van der Waals surface area contributed by atoms with Crippen LogP contribution < -0.4 is 10.6 Å². The van der Waals surface area contributed by atoms with E-state index in [4.69, 9.17) is 9.15 Å². The Morgan fingerprint density at radius 2 is 1.78 bits per heavy atom. The normalized spacial score (nSPS) is 17.6. The molecule has 2 N–H and O–H groups in total. The molecule has 0 saturated heterocycles. The Balaban J connectivity index is 1.89. The van der Waals surface area contributed by atoms with Crippen molar-refractivity contribution in [2.24, 2.45) is 5.92 Å². The minimum atomic E-state index is -0.914. The van der Waals surface area contributed by atoms with Crippen molar-refractivity contribution in [1.82, 2.24) is 10.6 Å². The molecule has 1 aromatic rings. The summed E-state index contributed by atoms with van der Waals surface area (Å²) < 4.78 is 10.4. The molecule has 1 heterocycles. The molecule has 2 atom stereocenters. The number of nitrogens with one attached hydrogen (secondary N) is 2. The summed E-state index contributed by atoms with van der Waals surface area (Å²) in [6.45, 7) is 5.14. The van der Waals surface area contributed by atoms with Crippen molar-refractivity contribution in [3.63, 3.8) is 0 Å². The molecule has 7 nitrogen and oxygen atoms in total. The molecule has 1 aliphatic rings. The molecule has 1 saturated carbocycles. The summed E-state index contributed by atoms with van der Waals surface area (Å²) in [7, 11) is 0. The number of carbonyl (C=O) groups is 3. The lowest BCUT2D eigenvalue weighted by molar-refractivity contribution is -0.157. The highest BCUT2D eigenvalue weighted by molar-refractivity contribution is 5.95. The number of ether oxygens (including phenoxy) is 1. The molecule has 0 aromatic carbocycles. The van der Waals surface area contributed by atoms with Crippen molar-refractivity contribution >= 4 is 17.8 Å². The van der Waals surface area contributed by atoms with E-state index in [9.17, 15) is 14.4 Å². The van der Waals surface area contributed by atoms with Crippen LogP contribution in [0.5, 0.6) is 0 Å². The molecule has 1 aliphatic carbocycles. The van der Waals surface area contributed by atoms with E-state index in [0.717, 1.165) is 25.7 Å². The molecule has 150 valence electrons. The van der Waals surface area contributed by atoms with Gasteiger partial charge in [-0.1, -0.05) is 39.5 Å². The molecule has 0 spiro atoms. The van der Waals surface area contributed by atoms with Gasteiger partial charge in [0.1, 0.15) is 6.04 Å². The summed E-state index contributed by atoms with van der Waals surface area (Å²) in [5, 5.41) is 5.59. The zero-order valence-corrected chi connectivity index (χ0v) is 16.3. The predicted octanol–water partition coefficient (Wildman–Crippen LogP) is 2.80. The Kier molecular flexibility index (Phi) is 7.88. The van der Waals surface area contributed by atoms with Crippen LogP contribution in [0.1, 0.15) is 69.9 Å². The van der Waals surface area contributed by atoms with Crippen LogP contribution in [0.4, 0.5) is 0 Å². The number of rotatable bonds is 7. The minimum absolute atomic E-state index is 0.118. The van der Waals surface area contributed by atoms with Crippen molar-refractivity contribution in [2.75, 3.05) is 0 Å². The van der Waals surface area contributed by atoms with Gasteiger partial charge >= 0.3 is 5.97 Å². The van der Waals surface area contributed by atoms with E-state index in [-0.39, 0.29) is 23.6 Å². The van der Waals surface area contributed by atoms with Crippen LogP contribution in [0, 0.1) is 5.92 Å². The third-order valence-corrected chi connectivity index (χ3v) is 4.82. The molecule has 0 unspecified atom stereocenters. The summed E-state index contributed by atoms with van der Waals surface area (Å²) in [6.07, 6.45) is 6.99. The second kappa shape index (κ2) is 10.1. The molecule has 0 radical (unpaired) electrons. The zero-order chi connectivity index (χ0) is 19.8. The van der Waals surface area contributed by atoms with Gasteiger partial charge in [0, 0.05) is 6.04 Å². The quantitative estimate of drug-likeness (QED) is 0.562. The van der Waals surface area contributed by atoms with Gasteiger partial charge in [-0.3, -0.25) is 9.59 Å². The number of carbonyl (C=O) groups excluding carboxylic acids is 3. The summed E-state index contributed by atoms with van der Waals surface area (Å²) in [6, 6.07) is 2.38. The number of amides is 2. The van der Waals surface area contributed by atoms with E-state index in [1.807, 2.05) is 0 Å². The second-order valence-electron chi connectivity index (χ2n) is 7.45. The molecule has 7 heteroatoms. The zero-order valence-electron chi connectivity index (χ0n) is 16.3. The van der Waals surface area contributed by atoms with Crippen LogP contribution in [0.25, 0.3) is 0 Å². The van der Waals surface area contributed by atoms with E-state index >= 15 is 0 Å². The van der Waals surface area contributed by atoms with E-state index in [1.165, 1.54) is 25.2 Å². The molecule has 1 aromatic heterocycles. The fourth-order valence-electron chi connectivity index (χ4n) is 3.16. The van der Waals surface area contributed by atoms with E-state index < -0.39 is 24.0 Å². The lowest BCUT2D eigenvalue weighted by Gasteiger charge is -2.24. The average Bonchev–Trinajstić information content (AvgIpc) is 3.04. The molecule has 2 amide bonds. The number of esters is 1.